The molecule has 0 nitrogen and oxygen atoms in total. The van der Waals surface area contributed by atoms with E-state index in [0.29, 0.717) is 5.56 Å². The molecule has 0 aliphatic heterocycles. The number of alkyl halides is 4. The Balaban J connectivity index is 3.10. The van der Waals surface area contributed by atoms with Crippen LogP contribution < -0.4 is 0 Å². The topological polar surface area (TPSA) is 0 Å². The molecule has 77 valence electrons. The number of benzene rings is 1. The molecule has 0 heterocycles. The van der Waals surface area contributed by atoms with E-state index in [0.717, 1.165) is 12.1 Å². The van der Waals surface area contributed by atoms with E-state index in [1.165, 1.54) is 12.1 Å². The Labute approximate surface area is 79.6 Å². The maximum Gasteiger partial charge on any atom is 0.335 e. The van der Waals surface area contributed by atoms with Crippen molar-refractivity contribution in [2.45, 2.75) is 18.8 Å². The summed E-state index contributed by atoms with van der Waals surface area (Å²) in [6, 6.07) is 4.46. The van der Waals surface area contributed by atoms with E-state index in [1.54, 1.807) is 0 Å². The molecule has 0 spiro atoms. The second kappa shape index (κ2) is 3.26. The van der Waals surface area contributed by atoms with Crippen LogP contribution in [0.25, 0.3) is 0 Å². The van der Waals surface area contributed by atoms with Crippen molar-refractivity contribution in [2.75, 3.05) is 0 Å². The molecular weight excluding hydrogens is 196 g/mol. The summed E-state index contributed by atoms with van der Waals surface area (Å²) in [5.74, 6) is -8.20. The summed E-state index contributed by atoms with van der Waals surface area (Å²) in [6.45, 7) is 3.67. The summed E-state index contributed by atoms with van der Waals surface area (Å²) in [7, 11) is 0. The van der Waals surface area contributed by atoms with Crippen molar-refractivity contribution in [1.82, 2.24) is 0 Å². The molecule has 4 heteroatoms. The SMILES string of the molecule is [CH2]c1ccc(C(F)(F)C(C)(F)F)cc1. The number of rotatable bonds is 2. The highest BCUT2D eigenvalue weighted by Gasteiger charge is 2.53. The van der Waals surface area contributed by atoms with Crippen LogP contribution in [0.3, 0.4) is 0 Å². The van der Waals surface area contributed by atoms with Crippen molar-refractivity contribution in [3.63, 3.8) is 0 Å². The highest BCUT2D eigenvalue weighted by Crippen LogP contribution is 2.42. The average Bonchev–Trinajstić information content (AvgIpc) is 2.03. The Morgan fingerprint density at radius 3 is 1.79 bits per heavy atom. The molecule has 0 bridgehead atoms. The Bertz CT molecular complexity index is 308. The molecule has 0 saturated carbocycles. The third-order valence-corrected chi connectivity index (χ3v) is 1.87. The molecule has 0 amide bonds. The number of hydrogen-bond acceptors (Lipinski definition) is 0. The number of hydrogen-bond donors (Lipinski definition) is 0. The van der Waals surface area contributed by atoms with Crippen LogP contribution in [0.15, 0.2) is 24.3 Å². The van der Waals surface area contributed by atoms with Gasteiger partial charge in [-0.1, -0.05) is 24.3 Å². The zero-order valence-corrected chi connectivity index (χ0v) is 7.53. The van der Waals surface area contributed by atoms with E-state index in [9.17, 15) is 17.6 Å². The van der Waals surface area contributed by atoms with Crippen LogP contribution >= 0.6 is 0 Å². The molecule has 0 aliphatic rings. The standard InChI is InChI=1S/C10H9F4/c1-7-3-5-8(6-4-7)10(13,14)9(2,11)12/h3-6H,1H2,2H3. The molecule has 0 atom stereocenters. The van der Waals surface area contributed by atoms with Crippen LogP contribution in [-0.2, 0) is 5.92 Å². The van der Waals surface area contributed by atoms with Crippen LogP contribution in [0.4, 0.5) is 17.6 Å². The van der Waals surface area contributed by atoms with Gasteiger partial charge in [0.25, 0.3) is 0 Å². The van der Waals surface area contributed by atoms with Gasteiger partial charge in [-0.2, -0.15) is 17.6 Å². The molecule has 0 saturated heterocycles. The molecule has 0 unspecified atom stereocenters. The first-order chi connectivity index (χ1) is 6.25. The van der Waals surface area contributed by atoms with E-state index >= 15 is 0 Å². The van der Waals surface area contributed by atoms with Crippen LogP contribution in [0, 0.1) is 6.92 Å². The highest BCUT2D eigenvalue weighted by molar-refractivity contribution is 5.28. The third-order valence-electron chi connectivity index (χ3n) is 1.87. The summed E-state index contributed by atoms with van der Waals surface area (Å²) in [5.41, 5.74) is -0.193. The summed E-state index contributed by atoms with van der Waals surface area (Å²) in [4.78, 5) is 0. The Hall–Kier alpha value is -1.06. The van der Waals surface area contributed by atoms with Gasteiger partial charge in [-0.25, -0.2) is 0 Å². The van der Waals surface area contributed by atoms with Crippen LogP contribution in [0.5, 0.6) is 0 Å². The molecule has 1 rings (SSSR count). The summed E-state index contributed by atoms with van der Waals surface area (Å²) < 4.78 is 51.1. The second-order valence-corrected chi connectivity index (χ2v) is 3.16. The van der Waals surface area contributed by atoms with Gasteiger partial charge in [0.1, 0.15) is 0 Å². The van der Waals surface area contributed by atoms with Crippen molar-refractivity contribution in [1.29, 1.82) is 0 Å². The van der Waals surface area contributed by atoms with Crippen molar-refractivity contribution in [3.8, 4) is 0 Å². The van der Waals surface area contributed by atoms with E-state index in [2.05, 4.69) is 6.92 Å². The zero-order chi connectivity index (χ0) is 11.0. The van der Waals surface area contributed by atoms with Crippen LogP contribution in [0.1, 0.15) is 18.1 Å². The first-order valence-corrected chi connectivity index (χ1v) is 3.93. The summed E-state index contributed by atoms with van der Waals surface area (Å²) in [6.07, 6.45) is 0. The fraction of sp³-hybridized carbons (Fsp3) is 0.300. The molecule has 1 aromatic carbocycles. The van der Waals surface area contributed by atoms with E-state index in [4.69, 9.17) is 0 Å². The Morgan fingerprint density at radius 2 is 1.43 bits per heavy atom. The molecule has 1 aromatic rings. The molecule has 0 N–H and O–H groups in total. The summed E-state index contributed by atoms with van der Waals surface area (Å²) >= 11 is 0. The predicted octanol–water partition coefficient (Wildman–Crippen LogP) is 3.62. The first kappa shape index (κ1) is 11.0. The predicted molar refractivity (Wildman–Crippen MR) is 45.4 cm³/mol. The molecule has 0 aromatic heterocycles. The minimum absolute atomic E-state index is 0.200. The molecule has 0 fully saturated rings. The van der Waals surface area contributed by atoms with Crippen LogP contribution in [0.2, 0.25) is 0 Å². The van der Waals surface area contributed by atoms with Crippen molar-refractivity contribution >= 4 is 0 Å². The van der Waals surface area contributed by atoms with Gasteiger partial charge < -0.3 is 0 Å². The van der Waals surface area contributed by atoms with Gasteiger partial charge in [-0.3, -0.25) is 0 Å². The number of halogens is 4. The van der Waals surface area contributed by atoms with Gasteiger partial charge in [0.15, 0.2) is 0 Å². The lowest BCUT2D eigenvalue weighted by Crippen LogP contribution is -2.34. The van der Waals surface area contributed by atoms with Gasteiger partial charge in [0.2, 0.25) is 0 Å². The minimum Gasteiger partial charge on any atom is -0.200 e. The van der Waals surface area contributed by atoms with Crippen molar-refractivity contribution in [3.05, 3.63) is 42.3 Å². The van der Waals surface area contributed by atoms with Gasteiger partial charge in [0, 0.05) is 12.5 Å². The fourth-order valence-corrected chi connectivity index (χ4v) is 0.968. The normalized spacial score (nSPS) is 13.0. The van der Waals surface area contributed by atoms with Gasteiger partial charge in [-0.05, 0) is 12.5 Å². The average molecular weight is 205 g/mol. The zero-order valence-electron chi connectivity index (χ0n) is 7.53. The molecule has 0 aliphatic carbocycles. The maximum absolute atomic E-state index is 13.0. The first-order valence-electron chi connectivity index (χ1n) is 3.93. The van der Waals surface area contributed by atoms with E-state index < -0.39 is 17.4 Å². The molecule has 1 radical (unpaired) electrons. The van der Waals surface area contributed by atoms with Gasteiger partial charge in [-0.15, -0.1) is 0 Å². The monoisotopic (exact) mass is 205 g/mol. The highest BCUT2D eigenvalue weighted by atomic mass is 19.3. The lowest BCUT2D eigenvalue weighted by molar-refractivity contribution is -0.204. The molecular formula is C10H9F4. The Kier molecular flexibility index (Phi) is 2.56. The third kappa shape index (κ3) is 1.89. The largest absolute Gasteiger partial charge is 0.335 e. The van der Waals surface area contributed by atoms with E-state index in [-0.39, 0.29) is 6.92 Å². The van der Waals surface area contributed by atoms with Gasteiger partial charge >= 0.3 is 11.8 Å². The molecule has 14 heavy (non-hydrogen) atoms. The van der Waals surface area contributed by atoms with Crippen LogP contribution in [-0.4, -0.2) is 5.92 Å². The van der Waals surface area contributed by atoms with Crippen molar-refractivity contribution < 1.29 is 17.6 Å². The lowest BCUT2D eigenvalue weighted by Gasteiger charge is -2.23. The van der Waals surface area contributed by atoms with Gasteiger partial charge in [0.05, 0.1) is 0 Å². The Morgan fingerprint density at radius 1 is 1.00 bits per heavy atom. The quantitative estimate of drug-likeness (QED) is 0.647. The summed E-state index contributed by atoms with van der Waals surface area (Å²) in [5, 5.41) is 0. The second-order valence-electron chi connectivity index (χ2n) is 3.16. The lowest BCUT2D eigenvalue weighted by atomic mass is 10.0. The fourth-order valence-electron chi connectivity index (χ4n) is 0.968. The maximum atomic E-state index is 13.0. The minimum atomic E-state index is -4.14. The van der Waals surface area contributed by atoms with Crippen molar-refractivity contribution in [2.24, 2.45) is 0 Å². The smallest absolute Gasteiger partial charge is 0.200 e. The van der Waals surface area contributed by atoms with E-state index in [1.807, 2.05) is 0 Å².